The third-order valence-electron chi connectivity index (χ3n) is 4.72. The van der Waals surface area contributed by atoms with Crippen LogP contribution in [-0.2, 0) is 6.18 Å². The van der Waals surface area contributed by atoms with Crippen LogP contribution in [0.1, 0.15) is 53.6 Å². The number of carbonyl (C=O) groups excluding carboxylic acids is 1. The summed E-state index contributed by atoms with van der Waals surface area (Å²) >= 11 is 2.00. The van der Waals surface area contributed by atoms with Gasteiger partial charge in [-0.1, -0.05) is 12.5 Å². The van der Waals surface area contributed by atoms with E-state index in [0.29, 0.717) is 21.6 Å². The third-order valence-corrected chi connectivity index (χ3v) is 6.35. The molecule has 2 saturated heterocycles. The highest BCUT2D eigenvalue weighted by Gasteiger charge is 2.37. The van der Waals surface area contributed by atoms with Crippen molar-refractivity contribution >= 4 is 17.5 Å². The van der Waals surface area contributed by atoms with Crippen LogP contribution in [0, 0.1) is 12.8 Å². The Kier molecular flexibility index (Phi) is 4.27. The summed E-state index contributed by atoms with van der Waals surface area (Å²) in [5.74, 6) is 0.00964. The van der Waals surface area contributed by atoms with Crippen LogP contribution >= 0.6 is 11.8 Å². The maximum atomic E-state index is 12.7. The molecule has 1 aromatic rings. The quantitative estimate of drug-likeness (QED) is 0.689. The monoisotopic (exact) mass is 328 g/mol. The van der Waals surface area contributed by atoms with Crippen LogP contribution in [-0.4, -0.2) is 16.3 Å². The lowest BCUT2D eigenvalue weighted by Gasteiger charge is -2.38. The number of hydrogen-bond donors (Lipinski definition) is 0. The zero-order valence-electron chi connectivity index (χ0n) is 12.5. The van der Waals surface area contributed by atoms with E-state index in [2.05, 4.69) is 0 Å². The van der Waals surface area contributed by atoms with Gasteiger partial charge in [0.2, 0.25) is 0 Å². The number of rotatable bonds is 2. The van der Waals surface area contributed by atoms with E-state index in [1.165, 1.54) is 12.5 Å². The summed E-state index contributed by atoms with van der Waals surface area (Å²) in [5.41, 5.74) is 0.212. The van der Waals surface area contributed by atoms with Gasteiger partial charge in [-0.2, -0.15) is 24.9 Å². The van der Waals surface area contributed by atoms with Crippen molar-refractivity contribution in [3.05, 3.63) is 34.9 Å². The third kappa shape index (κ3) is 3.19. The second-order valence-electron chi connectivity index (χ2n) is 6.37. The molecule has 0 amide bonds. The number of halogens is 3. The zero-order valence-corrected chi connectivity index (χ0v) is 13.3. The predicted octanol–water partition coefficient (Wildman–Crippen LogP) is 5.26. The standard InChI is InChI=1S/C17H19F3OS/c1-10-7-12(17(18,19)20)5-6-15(10)16(21)11-8-13-3-2-4-14(9-11)22-13/h5-7,11,13-14H,2-4,8-9H2,1H3. The van der Waals surface area contributed by atoms with Crippen molar-refractivity contribution in [1.82, 2.24) is 0 Å². The molecule has 2 atom stereocenters. The molecule has 0 spiro atoms. The maximum Gasteiger partial charge on any atom is 0.416 e. The van der Waals surface area contributed by atoms with Crippen LogP contribution in [0.2, 0.25) is 0 Å². The minimum absolute atomic E-state index is 0.0213. The Balaban J connectivity index is 1.80. The van der Waals surface area contributed by atoms with Crippen LogP contribution in [0.15, 0.2) is 18.2 Å². The molecule has 2 bridgehead atoms. The number of carbonyl (C=O) groups is 1. The van der Waals surface area contributed by atoms with Gasteiger partial charge in [-0.15, -0.1) is 0 Å². The second kappa shape index (κ2) is 5.91. The number of alkyl halides is 3. The molecule has 3 rings (SSSR count). The molecule has 2 aliphatic rings. The molecule has 0 radical (unpaired) electrons. The largest absolute Gasteiger partial charge is 0.416 e. The summed E-state index contributed by atoms with van der Waals surface area (Å²) in [6.45, 7) is 1.60. The van der Waals surface area contributed by atoms with Crippen LogP contribution in [0.4, 0.5) is 13.2 Å². The molecule has 22 heavy (non-hydrogen) atoms. The van der Waals surface area contributed by atoms with Crippen molar-refractivity contribution < 1.29 is 18.0 Å². The van der Waals surface area contributed by atoms with E-state index in [9.17, 15) is 18.0 Å². The number of fused-ring (bicyclic) bond motifs is 2. The molecule has 2 unspecified atom stereocenters. The summed E-state index contributed by atoms with van der Waals surface area (Å²) in [6.07, 6.45) is 0.961. The summed E-state index contributed by atoms with van der Waals surface area (Å²) in [4.78, 5) is 12.7. The van der Waals surface area contributed by atoms with Gasteiger partial charge in [0.15, 0.2) is 5.78 Å². The van der Waals surface area contributed by atoms with Crippen molar-refractivity contribution in [2.24, 2.45) is 5.92 Å². The average Bonchev–Trinajstić information content (AvgIpc) is 2.45. The first-order valence-electron chi connectivity index (χ1n) is 7.72. The van der Waals surface area contributed by atoms with Gasteiger partial charge < -0.3 is 0 Å². The zero-order chi connectivity index (χ0) is 15.9. The lowest BCUT2D eigenvalue weighted by molar-refractivity contribution is -0.137. The molecule has 120 valence electrons. The highest BCUT2D eigenvalue weighted by Crippen LogP contribution is 2.45. The topological polar surface area (TPSA) is 17.1 Å². The van der Waals surface area contributed by atoms with Crippen molar-refractivity contribution in [3.63, 3.8) is 0 Å². The molecule has 2 fully saturated rings. The highest BCUT2D eigenvalue weighted by molar-refractivity contribution is 8.00. The van der Waals surface area contributed by atoms with E-state index < -0.39 is 11.7 Å². The first kappa shape index (κ1) is 15.9. The van der Waals surface area contributed by atoms with Gasteiger partial charge in [0.05, 0.1) is 5.56 Å². The normalized spacial score (nSPS) is 28.5. The van der Waals surface area contributed by atoms with Crippen molar-refractivity contribution in [2.75, 3.05) is 0 Å². The van der Waals surface area contributed by atoms with Gasteiger partial charge in [0.1, 0.15) is 0 Å². The lowest BCUT2D eigenvalue weighted by Crippen LogP contribution is -2.33. The fraction of sp³-hybridized carbons (Fsp3) is 0.588. The van der Waals surface area contributed by atoms with Crippen molar-refractivity contribution in [3.8, 4) is 0 Å². The Bertz CT molecular complexity index is 570. The molecule has 2 heterocycles. The molecule has 0 N–H and O–H groups in total. The average molecular weight is 328 g/mol. The highest BCUT2D eigenvalue weighted by atomic mass is 32.2. The molecule has 0 saturated carbocycles. The summed E-state index contributed by atoms with van der Waals surface area (Å²) in [7, 11) is 0. The minimum Gasteiger partial charge on any atom is -0.294 e. The first-order chi connectivity index (χ1) is 10.3. The van der Waals surface area contributed by atoms with Gasteiger partial charge in [-0.05, 0) is 50.3 Å². The Labute approximate surface area is 132 Å². The lowest BCUT2D eigenvalue weighted by atomic mass is 9.83. The van der Waals surface area contributed by atoms with E-state index in [0.717, 1.165) is 37.8 Å². The SMILES string of the molecule is Cc1cc(C(F)(F)F)ccc1C(=O)C1CC2CCCC(C1)S2. The number of Topliss-reactive ketones (excluding diaryl/α,β-unsaturated/α-hetero) is 1. The summed E-state index contributed by atoms with van der Waals surface area (Å²) in [6, 6.07) is 3.47. The number of benzene rings is 1. The summed E-state index contributed by atoms with van der Waals surface area (Å²) in [5, 5.41) is 1.10. The Morgan fingerprint density at radius 3 is 2.36 bits per heavy atom. The van der Waals surface area contributed by atoms with Crippen LogP contribution in [0.3, 0.4) is 0 Å². The fourth-order valence-corrected chi connectivity index (χ4v) is 5.45. The molecule has 1 nitrogen and oxygen atoms in total. The molecular weight excluding hydrogens is 309 g/mol. The van der Waals surface area contributed by atoms with Gasteiger partial charge in [-0.3, -0.25) is 4.79 Å². The Hall–Kier alpha value is -0.970. The van der Waals surface area contributed by atoms with E-state index >= 15 is 0 Å². The number of thioether (sulfide) groups is 1. The van der Waals surface area contributed by atoms with E-state index in [1.54, 1.807) is 6.92 Å². The molecule has 2 aliphatic heterocycles. The Morgan fingerprint density at radius 1 is 1.18 bits per heavy atom. The van der Waals surface area contributed by atoms with Gasteiger partial charge in [0.25, 0.3) is 0 Å². The number of aryl methyl sites for hydroxylation is 1. The van der Waals surface area contributed by atoms with E-state index in [4.69, 9.17) is 0 Å². The molecule has 0 aliphatic carbocycles. The first-order valence-corrected chi connectivity index (χ1v) is 8.66. The van der Waals surface area contributed by atoms with Gasteiger partial charge in [0, 0.05) is 22.0 Å². The van der Waals surface area contributed by atoms with Crippen molar-refractivity contribution in [2.45, 2.75) is 55.7 Å². The maximum absolute atomic E-state index is 12.7. The van der Waals surface area contributed by atoms with Crippen LogP contribution in [0.25, 0.3) is 0 Å². The number of hydrogen-bond acceptors (Lipinski definition) is 2. The summed E-state index contributed by atoms with van der Waals surface area (Å²) < 4.78 is 38.2. The predicted molar refractivity (Wildman–Crippen MR) is 82.3 cm³/mol. The van der Waals surface area contributed by atoms with E-state index in [1.807, 2.05) is 11.8 Å². The molecule has 1 aromatic carbocycles. The smallest absolute Gasteiger partial charge is 0.294 e. The minimum atomic E-state index is -4.36. The fourth-order valence-electron chi connectivity index (χ4n) is 3.61. The van der Waals surface area contributed by atoms with Crippen molar-refractivity contribution in [1.29, 1.82) is 0 Å². The van der Waals surface area contributed by atoms with E-state index in [-0.39, 0.29) is 11.7 Å². The van der Waals surface area contributed by atoms with Crippen LogP contribution in [0.5, 0.6) is 0 Å². The second-order valence-corrected chi connectivity index (χ2v) is 7.98. The Morgan fingerprint density at radius 2 is 1.82 bits per heavy atom. The number of ketones is 1. The van der Waals surface area contributed by atoms with Gasteiger partial charge >= 0.3 is 6.18 Å². The van der Waals surface area contributed by atoms with Gasteiger partial charge in [-0.25, -0.2) is 0 Å². The molecule has 0 aromatic heterocycles. The van der Waals surface area contributed by atoms with Crippen LogP contribution < -0.4 is 0 Å². The molecular formula is C17H19F3OS. The molecule has 5 heteroatoms.